The number of aryl methyl sites for hydroxylation is 1. The zero-order valence-electron chi connectivity index (χ0n) is 12.8. The fraction of sp³-hybridized carbons (Fsp3) is 0.278. The molecule has 1 amide bonds. The number of carbonyl (C=O) groups excluding carboxylic acids is 1. The summed E-state index contributed by atoms with van der Waals surface area (Å²) in [5, 5.41) is 12.1. The Kier molecular flexibility index (Phi) is 5.98. The summed E-state index contributed by atoms with van der Waals surface area (Å²) in [5.41, 5.74) is 2.96. The third-order valence-electron chi connectivity index (χ3n) is 3.47. The summed E-state index contributed by atoms with van der Waals surface area (Å²) in [7, 11) is 0. The van der Waals surface area contributed by atoms with E-state index in [9.17, 15) is 9.90 Å². The van der Waals surface area contributed by atoms with Crippen molar-refractivity contribution in [3.63, 3.8) is 0 Å². The van der Waals surface area contributed by atoms with Gasteiger partial charge in [-0.25, -0.2) is 0 Å². The van der Waals surface area contributed by atoms with E-state index in [0.29, 0.717) is 6.54 Å². The van der Waals surface area contributed by atoms with Crippen LogP contribution in [0.15, 0.2) is 54.6 Å². The molecule has 0 bridgehead atoms. The van der Waals surface area contributed by atoms with E-state index in [4.69, 9.17) is 0 Å². The van der Waals surface area contributed by atoms with Crippen molar-refractivity contribution in [2.24, 2.45) is 0 Å². The Morgan fingerprint density at radius 3 is 2.36 bits per heavy atom. The third-order valence-corrected chi connectivity index (χ3v) is 3.47. The minimum atomic E-state index is -0.0958. The number of hydrogen-bond donors (Lipinski definition) is 2. The molecule has 2 aromatic rings. The summed E-state index contributed by atoms with van der Waals surface area (Å²) in [4.78, 5) is 14.0. The monoisotopic (exact) mass is 298 g/mol. The van der Waals surface area contributed by atoms with E-state index in [1.165, 1.54) is 5.56 Å². The zero-order chi connectivity index (χ0) is 15.8. The molecule has 4 nitrogen and oxygen atoms in total. The molecule has 0 saturated carbocycles. The Bertz CT molecular complexity index is 582. The second kappa shape index (κ2) is 8.20. The molecule has 2 rings (SSSR count). The lowest BCUT2D eigenvalue weighted by Crippen LogP contribution is -2.35. The quantitative estimate of drug-likeness (QED) is 0.826. The van der Waals surface area contributed by atoms with Gasteiger partial charge in [0, 0.05) is 17.9 Å². The topological polar surface area (TPSA) is 52.6 Å². The fourth-order valence-electron chi connectivity index (χ4n) is 2.26. The molecule has 0 spiro atoms. The highest BCUT2D eigenvalue weighted by Gasteiger charge is 2.11. The molecule has 0 unspecified atom stereocenters. The second-order valence-corrected chi connectivity index (χ2v) is 5.08. The molecule has 0 aliphatic carbocycles. The number of carbonyl (C=O) groups is 1. The van der Waals surface area contributed by atoms with Gasteiger partial charge < -0.3 is 15.3 Å². The Hall–Kier alpha value is -2.33. The van der Waals surface area contributed by atoms with E-state index in [-0.39, 0.29) is 19.1 Å². The molecule has 2 N–H and O–H groups in total. The van der Waals surface area contributed by atoms with Crippen LogP contribution in [0.3, 0.4) is 0 Å². The van der Waals surface area contributed by atoms with Crippen molar-refractivity contribution in [2.45, 2.75) is 13.3 Å². The maximum Gasteiger partial charge on any atom is 0.243 e. The summed E-state index contributed by atoms with van der Waals surface area (Å²) < 4.78 is 0. The minimum Gasteiger partial charge on any atom is -0.395 e. The number of rotatable bonds is 7. The Morgan fingerprint density at radius 1 is 1.09 bits per heavy atom. The van der Waals surface area contributed by atoms with Gasteiger partial charge in [0.05, 0.1) is 13.2 Å². The highest BCUT2D eigenvalue weighted by Crippen LogP contribution is 2.14. The van der Waals surface area contributed by atoms with E-state index in [1.807, 2.05) is 59.5 Å². The number of nitrogens with one attached hydrogen (secondary N) is 1. The maximum atomic E-state index is 12.2. The van der Waals surface area contributed by atoms with Crippen LogP contribution in [-0.4, -0.2) is 30.7 Å². The molecule has 0 radical (unpaired) electrons. The van der Waals surface area contributed by atoms with Crippen LogP contribution in [0.25, 0.3) is 0 Å². The van der Waals surface area contributed by atoms with Crippen LogP contribution >= 0.6 is 0 Å². The lowest BCUT2D eigenvalue weighted by molar-refractivity contribution is -0.115. The molecule has 4 heteroatoms. The zero-order valence-corrected chi connectivity index (χ0v) is 12.8. The molecular formula is C18H22N2O2. The maximum absolute atomic E-state index is 12.2. The van der Waals surface area contributed by atoms with Gasteiger partial charge in [-0.1, -0.05) is 37.3 Å². The van der Waals surface area contributed by atoms with Crippen LogP contribution in [0.2, 0.25) is 0 Å². The van der Waals surface area contributed by atoms with E-state index in [1.54, 1.807) is 0 Å². The number of amides is 1. The first-order valence-electron chi connectivity index (χ1n) is 7.52. The van der Waals surface area contributed by atoms with Crippen molar-refractivity contribution < 1.29 is 9.90 Å². The summed E-state index contributed by atoms with van der Waals surface area (Å²) in [6, 6.07) is 17.5. The molecule has 0 atom stereocenters. The summed E-state index contributed by atoms with van der Waals surface area (Å²) in [5.74, 6) is -0.0958. The predicted octanol–water partition coefficient (Wildman–Crippen LogP) is 2.69. The molecule has 0 saturated heterocycles. The van der Waals surface area contributed by atoms with Crippen molar-refractivity contribution in [3.05, 3.63) is 60.2 Å². The van der Waals surface area contributed by atoms with Crippen LogP contribution in [0, 0.1) is 0 Å². The van der Waals surface area contributed by atoms with Crippen LogP contribution in [0.4, 0.5) is 11.4 Å². The van der Waals surface area contributed by atoms with E-state index >= 15 is 0 Å². The first-order valence-corrected chi connectivity index (χ1v) is 7.52. The molecule has 22 heavy (non-hydrogen) atoms. The van der Waals surface area contributed by atoms with Gasteiger partial charge in [-0.3, -0.25) is 4.79 Å². The van der Waals surface area contributed by atoms with E-state index < -0.39 is 0 Å². The smallest absolute Gasteiger partial charge is 0.243 e. The first-order chi connectivity index (χ1) is 10.7. The van der Waals surface area contributed by atoms with Crippen molar-refractivity contribution in [1.29, 1.82) is 0 Å². The standard InChI is InChI=1S/C18H22N2O2/c1-2-15-8-10-16(11-9-15)19-18(22)14-20(12-13-21)17-6-4-3-5-7-17/h3-11,21H,2,12-14H2,1H3,(H,19,22). The molecule has 0 aliphatic heterocycles. The molecule has 0 fully saturated rings. The van der Waals surface area contributed by atoms with Crippen LogP contribution in [0.1, 0.15) is 12.5 Å². The van der Waals surface area contributed by atoms with Crippen molar-refractivity contribution in [2.75, 3.05) is 29.9 Å². The Balaban J connectivity index is 1.98. The lowest BCUT2D eigenvalue weighted by Gasteiger charge is -2.23. The number of aliphatic hydroxyl groups is 1. The molecule has 0 heterocycles. The number of para-hydroxylation sites is 1. The van der Waals surface area contributed by atoms with Crippen molar-refractivity contribution in [3.8, 4) is 0 Å². The third kappa shape index (κ3) is 4.60. The van der Waals surface area contributed by atoms with Gasteiger partial charge in [0.1, 0.15) is 0 Å². The molecular weight excluding hydrogens is 276 g/mol. The highest BCUT2D eigenvalue weighted by molar-refractivity contribution is 5.94. The van der Waals surface area contributed by atoms with E-state index in [2.05, 4.69) is 12.2 Å². The molecule has 2 aromatic carbocycles. The normalized spacial score (nSPS) is 10.3. The predicted molar refractivity (Wildman–Crippen MR) is 90.2 cm³/mol. The number of benzene rings is 2. The van der Waals surface area contributed by atoms with Gasteiger partial charge in [-0.2, -0.15) is 0 Å². The average molecular weight is 298 g/mol. The van der Waals surface area contributed by atoms with Gasteiger partial charge in [0.2, 0.25) is 5.91 Å². The van der Waals surface area contributed by atoms with Gasteiger partial charge in [-0.05, 0) is 36.2 Å². The second-order valence-electron chi connectivity index (χ2n) is 5.08. The average Bonchev–Trinajstić information content (AvgIpc) is 2.56. The van der Waals surface area contributed by atoms with Crippen molar-refractivity contribution in [1.82, 2.24) is 0 Å². The molecule has 0 aromatic heterocycles. The fourth-order valence-corrected chi connectivity index (χ4v) is 2.26. The lowest BCUT2D eigenvalue weighted by atomic mass is 10.1. The van der Waals surface area contributed by atoms with Gasteiger partial charge in [0.15, 0.2) is 0 Å². The van der Waals surface area contributed by atoms with E-state index in [0.717, 1.165) is 17.8 Å². The Morgan fingerprint density at radius 2 is 1.77 bits per heavy atom. The number of aliphatic hydroxyl groups excluding tert-OH is 1. The number of nitrogens with zero attached hydrogens (tertiary/aromatic N) is 1. The van der Waals surface area contributed by atoms with Gasteiger partial charge in [0.25, 0.3) is 0 Å². The first kappa shape index (κ1) is 16.0. The van der Waals surface area contributed by atoms with Crippen LogP contribution in [0.5, 0.6) is 0 Å². The van der Waals surface area contributed by atoms with Crippen molar-refractivity contribution >= 4 is 17.3 Å². The molecule has 116 valence electrons. The highest BCUT2D eigenvalue weighted by atomic mass is 16.3. The Labute approximate surface area is 131 Å². The van der Waals surface area contributed by atoms with Crippen LogP contribution < -0.4 is 10.2 Å². The van der Waals surface area contributed by atoms with Gasteiger partial charge >= 0.3 is 0 Å². The summed E-state index contributed by atoms with van der Waals surface area (Å²) >= 11 is 0. The SMILES string of the molecule is CCc1ccc(NC(=O)CN(CCO)c2ccccc2)cc1. The van der Waals surface area contributed by atoms with Crippen LogP contribution in [-0.2, 0) is 11.2 Å². The number of anilines is 2. The van der Waals surface area contributed by atoms with Gasteiger partial charge in [-0.15, -0.1) is 0 Å². The largest absolute Gasteiger partial charge is 0.395 e. The summed E-state index contributed by atoms with van der Waals surface area (Å²) in [6.07, 6.45) is 0.979. The number of hydrogen-bond acceptors (Lipinski definition) is 3. The molecule has 0 aliphatic rings. The minimum absolute atomic E-state index is 0.00731. The summed E-state index contributed by atoms with van der Waals surface area (Å²) in [6.45, 7) is 2.74.